The summed E-state index contributed by atoms with van der Waals surface area (Å²) in [7, 11) is 0. The lowest BCUT2D eigenvalue weighted by molar-refractivity contribution is 0.376. The number of phenols is 1. The normalized spacial score (nSPS) is 16.0. The summed E-state index contributed by atoms with van der Waals surface area (Å²) in [4.78, 5) is 8.99. The summed E-state index contributed by atoms with van der Waals surface area (Å²) in [6, 6.07) is 14.8. The van der Waals surface area contributed by atoms with E-state index in [0.29, 0.717) is 11.2 Å². The first kappa shape index (κ1) is 23.8. The third kappa shape index (κ3) is 5.34. The molecule has 1 atom stereocenters. The summed E-state index contributed by atoms with van der Waals surface area (Å²) in [6.07, 6.45) is 10.8. The van der Waals surface area contributed by atoms with Crippen molar-refractivity contribution in [3.05, 3.63) is 76.7 Å². The summed E-state index contributed by atoms with van der Waals surface area (Å²) in [6.45, 7) is 5.42. The molecule has 180 valence electrons. The summed E-state index contributed by atoms with van der Waals surface area (Å²) >= 11 is 6.01. The molecule has 1 unspecified atom stereocenters. The van der Waals surface area contributed by atoms with Crippen LogP contribution < -0.4 is 5.32 Å². The smallest absolute Gasteiger partial charge is 0.129 e. The van der Waals surface area contributed by atoms with Gasteiger partial charge in [0.1, 0.15) is 10.9 Å². The molecule has 1 saturated heterocycles. The standard InChI is InChI=1S/C30H32ClN3O/c1-19-12-20(2)14-22(13-19)27-18-33-28-16-29(35)25(21-9-10-30(31)34-17-21)15-26(28)24(27)8-5-7-23-6-3-4-11-32-23/h9-10,12-18,23,32,35H,3-8,11H2,1-2H3. The number of nitrogens with one attached hydrogen (secondary N) is 1. The van der Waals surface area contributed by atoms with E-state index in [1.165, 1.54) is 53.5 Å². The van der Waals surface area contributed by atoms with Gasteiger partial charge in [-0.1, -0.05) is 47.3 Å². The maximum atomic E-state index is 10.8. The third-order valence-corrected chi connectivity index (χ3v) is 7.28. The van der Waals surface area contributed by atoms with Crippen molar-refractivity contribution in [2.45, 2.75) is 58.4 Å². The Balaban J connectivity index is 1.60. The SMILES string of the molecule is Cc1cc(C)cc(-c2cnc3cc(O)c(-c4ccc(Cl)nc4)cc3c2CCCC2CCCCN2)c1. The van der Waals surface area contributed by atoms with E-state index in [0.717, 1.165) is 41.4 Å². The van der Waals surface area contributed by atoms with Crippen molar-refractivity contribution in [2.75, 3.05) is 6.54 Å². The summed E-state index contributed by atoms with van der Waals surface area (Å²) < 4.78 is 0. The van der Waals surface area contributed by atoms with Gasteiger partial charge in [0.2, 0.25) is 0 Å². The number of benzene rings is 2. The van der Waals surface area contributed by atoms with Gasteiger partial charge in [-0.3, -0.25) is 4.98 Å². The van der Waals surface area contributed by atoms with Crippen molar-refractivity contribution in [3.63, 3.8) is 0 Å². The van der Waals surface area contributed by atoms with Gasteiger partial charge >= 0.3 is 0 Å². The molecule has 4 aromatic rings. The molecular weight excluding hydrogens is 454 g/mol. The second-order valence-electron chi connectivity index (χ2n) is 9.82. The van der Waals surface area contributed by atoms with Gasteiger partial charge in [0, 0.05) is 46.6 Å². The number of piperidine rings is 1. The Hall–Kier alpha value is -2.95. The lowest BCUT2D eigenvalue weighted by atomic mass is 9.90. The van der Waals surface area contributed by atoms with E-state index < -0.39 is 0 Å². The Morgan fingerprint density at radius 1 is 0.943 bits per heavy atom. The zero-order valence-electron chi connectivity index (χ0n) is 20.4. The molecule has 0 aliphatic carbocycles. The van der Waals surface area contributed by atoms with Crippen LogP contribution in [0.1, 0.15) is 48.8 Å². The highest BCUT2D eigenvalue weighted by Crippen LogP contribution is 2.38. The highest BCUT2D eigenvalue weighted by Gasteiger charge is 2.17. The van der Waals surface area contributed by atoms with E-state index in [1.54, 1.807) is 18.3 Å². The molecule has 0 spiro atoms. The first-order valence-corrected chi connectivity index (χ1v) is 12.9. The van der Waals surface area contributed by atoms with Crippen LogP contribution in [0.3, 0.4) is 0 Å². The highest BCUT2D eigenvalue weighted by molar-refractivity contribution is 6.29. The van der Waals surface area contributed by atoms with E-state index in [9.17, 15) is 5.11 Å². The molecule has 2 N–H and O–H groups in total. The number of pyridine rings is 2. The van der Waals surface area contributed by atoms with Crippen molar-refractivity contribution in [3.8, 4) is 28.0 Å². The number of halogens is 1. The predicted molar refractivity (Wildman–Crippen MR) is 145 cm³/mol. The van der Waals surface area contributed by atoms with Gasteiger partial charge in [-0.15, -0.1) is 0 Å². The number of phenolic OH excluding ortho intramolecular Hbond substituents is 1. The molecular formula is C30H32ClN3O. The predicted octanol–water partition coefficient (Wildman–Crippen LogP) is 7.40. The van der Waals surface area contributed by atoms with Crippen LogP contribution in [0.25, 0.3) is 33.2 Å². The van der Waals surface area contributed by atoms with Crippen LogP contribution in [-0.2, 0) is 6.42 Å². The van der Waals surface area contributed by atoms with Crippen LogP contribution >= 0.6 is 11.6 Å². The lowest BCUT2D eigenvalue weighted by Gasteiger charge is -2.23. The molecule has 1 aliphatic heterocycles. The minimum atomic E-state index is 0.200. The molecule has 0 radical (unpaired) electrons. The minimum absolute atomic E-state index is 0.200. The first-order valence-electron chi connectivity index (χ1n) is 12.6. The van der Waals surface area contributed by atoms with Gasteiger partial charge in [0.25, 0.3) is 0 Å². The van der Waals surface area contributed by atoms with Crippen LogP contribution in [0, 0.1) is 13.8 Å². The fraction of sp³-hybridized carbons (Fsp3) is 0.333. The Kier molecular flexibility index (Phi) is 7.03. The van der Waals surface area contributed by atoms with E-state index in [4.69, 9.17) is 16.6 Å². The Bertz CT molecular complexity index is 1320. The van der Waals surface area contributed by atoms with Crippen LogP contribution in [0.15, 0.2) is 54.9 Å². The monoisotopic (exact) mass is 485 g/mol. The number of rotatable bonds is 6. The zero-order valence-corrected chi connectivity index (χ0v) is 21.2. The van der Waals surface area contributed by atoms with E-state index in [1.807, 2.05) is 12.3 Å². The number of hydrogen-bond acceptors (Lipinski definition) is 4. The van der Waals surface area contributed by atoms with Crippen LogP contribution in [0.5, 0.6) is 5.75 Å². The molecule has 4 nitrogen and oxygen atoms in total. The van der Waals surface area contributed by atoms with Crippen molar-refractivity contribution in [2.24, 2.45) is 0 Å². The van der Waals surface area contributed by atoms with Crippen molar-refractivity contribution in [1.29, 1.82) is 0 Å². The quantitative estimate of drug-likeness (QED) is 0.279. The maximum Gasteiger partial charge on any atom is 0.129 e. The van der Waals surface area contributed by atoms with E-state index in [-0.39, 0.29) is 5.75 Å². The number of hydrogen-bond donors (Lipinski definition) is 2. The number of aryl methyl sites for hydroxylation is 3. The Morgan fingerprint density at radius 2 is 1.77 bits per heavy atom. The maximum absolute atomic E-state index is 10.8. The fourth-order valence-electron chi connectivity index (χ4n) is 5.39. The van der Waals surface area contributed by atoms with Gasteiger partial charge in [-0.25, -0.2) is 4.98 Å². The van der Waals surface area contributed by atoms with Crippen molar-refractivity contribution < 1.29 is 5.11 Å². The molecule has 0 saturated carbocycles. The molecule has 0 amide bonds. The molecule has 5 heteroatoms. The summed E-state index contributed by atoms with van der Waals surface area (Å²) in [5, 5.41) is 16.0. The zero-order chi connectivity index (χ0) is 24.4. The number of aromatic hydroxyl groups is 1. The average molecular weight is 486 g/mol. The average Bonchev–Trinajstić information content (AvgIpc) is 2.84. The molecule has 3 heterocycles. The molecule has 0 bridgehead atoms. The minimum Gasteiger partial charge on any atom is -0.507 e. The molecule has 1 fully saturated rings. The topological polar surface area (TPSA) is 58.0 Å². The second kappa shape index (κ2) is 10.3. The fourth-order valence-corrected chi connectivity index (χ4v) is 5.50. The van der Waals surface area contributed by atoms with Gasteiger partial charge in [0.15, 0.2) is 0 Å². The molecule has 2 aromatic carbocycles. The molecule has 35 heavy (non-hydrogen) atoms. The number of nitrogens with zero attached hydrogens (tertiary/aromatic N) is 2. The van der Waals surface area contributed by atoms with Gasteiger partial charge in [-0.05, 0) is 81.8 Å². The summed E-state index contributed by atoms with van der Waals surface area (Å²) in [5.41, 5.74) is 8.55. The second-order valence-corrected chi connectivity index (χ2v) is 10.2. The number of fused-ring (bicyclic) bond motifs is 1. The molecule has 1 aliphatic rings. The summed E-state index contributed by atoms with van der Waals surface area (Å²) in [5.74, 6) is 0.200. The van der Waals surface area contributed by atoms with Gasteiger partial charge < -0.3 is 10.4 Å². The van der Waals surface area contributed by atoms with E-state index in [2.05, 4.69) is 48.4 Å². The van der Waals surface area contributed by atoms with Crippen LogP contribution in [0.2, 0.25) is 5.15 Å². The first-order chi connectivity index (χ1) is 17.0. The third-order valence-electron chi connectivity index (χ3n) is 7.06. The molecule has 5 rings (SSSR count). The van der Waals surface area contributed by atoms with Gasteiger partial charge in [-0.2, -0.15) is 0 Å². The molecule has 2 aromatic heterocycles. The van der Waals surface area contributed by atoms with Crippen LogP contribution in [0.4, 0.5) is 0 Å². The highest BCUT2D eigenvalue weighted by atomic mass is 35.5. The van der Waals surface area contributed by atoms with Crippen molar-refractivity contribution in [1.82, 2.24) is 15.3 Å². The Labute approximate surface area is 212 Å². The van der Waals surface area contributed by atoms with Crippen molar-refractivity contribution >= 4 is 22.5 Å². The Morgan fingerprint density at radius 3 is 2.49 bits per heavy atom. The van der Waals surface area contributed by atoms with E-state index >= 15 is 0 Å². The largest absolute Gasteiger partial charge is 0.507 e. The number of aromatic nitrogens is 2. The lowest BCUT2D eigenvalue weighted by Crippen LogP contribution is -2.33. The van der Waals surface area contributed by atoms with Gasteiger partial charge in [0.05, 0.1) is 5.52 Å². The van der Waals surface area contributed by atoms with Crippen LogP contribution in [-0.4, -0.2) is 27.7 Å².